The number of rotatable bonds is 4. The van der Waals surface area contributed by atoms with Crippen molar-refractivity contribution in [2.75, 3.05) is 6.54 Å². The van der Waals surface area contributed by atoms with Crippen LogP contribution in [0.1, 0.15) is 11.5 Å². The first-order valence-corrected chi connectivity index (χ1v) is 5.40. The van der Waals surface area contributed by atoms with E-state index >= 15 is 0 Å². The molecule has 2 aromatic rings. The van der Waals surface area contributed by atoms with Gasteiger partial charge in [-0.15, -0.1) is 10.2 Å². The normalized spacial score (nSPS) is 10.6. The lowest BCUT2D eigenvalue weighted by Crippen LogP contribution is -2.02. The summed E-state index contributed by atoms with van der Waals surface area (Å²) in [7, 11) is 0. The van der Waals surface area contributed by atoms with Crippen LogP contribution in [0, 0.1) is 17.0 Å². The van der Waals surface area contributed by atoms with Gasteiger partial charge in [0.1, 0.15) is 5.56 Å². The Morgan fingerprint density at radius 1 is 1.44 bits per heavy atom. The number of nitrogens with two attached hydrogens (primary N) is 1. The maximum absolute atomic E-state index is 11.0. The molecule has 7 nitrogen and oxygen atoms in total. The standard InChI is InChI=1S/C11H12N4O3/c1-7-3-2-4-8(15(16)17)10(7)11-14-13-9(18-11)5-6-12/h2-4H,5-6,12H2,1H3. The number of aromatic nitrogens is 2. The van der Waals surface area contributed by atoms with E-state index in [9.17, 15) is 10.1 Å². The lowest BCUT2D eigenvalue weighted by molar-refractivity contribution is -0.384. The van der Waals surface area contributed by atoms with Crippen molar-refractivity contribution >= 4 is 5.69 Å². The summed E-state index contributed by atoms with van der Waals surface area (Å²) in [5, 5.41) is 18.6. The number of aryl methyl sites for hydroxylation is 1. The molecule has 0 unspecified atom stereocenters. The summed E-state index contributed by atoms with van der Waals surface area (Å²) in [4.78, 5) is 10.5. The van der Waals surface area contributed by atoms with Gasteiger partial charge in [0, 0.05) is 19.0 Å². The minimum Gasteiger partial charge on any atom is -0.420 e. The van der Waals surface area contributed by atoms with Crippen molar-refractivity contribution in [2.24, 2.45) is 5.73 Å². The van der Waals surface area contributed by atoms with Crippen LogP contribution in [-0.2, 0) is 6.42 Å². The molecule has 0 amide bonds. The van der Waals surface area contributed by atoms with Crippen LogP contribution in [0.15, 0.2) is 22.6 Å². The van der Waals surface area contributed by atoms with Gasteiger partial charge in [0.05, 0.1) is 4.92 Å². The number of hydrogen-bond acceptors (Lipinski definition) is 6. The van der Waals surface area contributed by atoms with Crippen LogP contribution in [0.25, 0.3) is 11.5 Å². The Balaban J connectivity index is 2.51. The fourth-order valence-electron chi connectivity index (χ4n) is 1.66. The highest BCUT2D eigenvalue weighted by Gasteiger charge is 2.22. The fourth-order valence-corrected chi connectivity index (χ4v) is 1.66. The SMILES string of the molecule is Cc1cccc([N+](=O)[O-])c1-c1nnc(CCN)o1. The summed E-state index contributed by atoms with van der Waals surface area (Å²) in [5.41, 5.74) is 6.41. The zero-order valence-corrected chi connectivity index (χ0v) is 9.79. The molecular weight excluding hydrogens is 236 g/mol. The highest BCUT2D eigenvalue weighted by atomic mass is 16.6. The van der Waals surface area contributed by atoms with Gasteiger partial charge in [-0.25, -0.2) is 0 Å². The van der Waals surface area contributed by atoms with Crippen molar-refractivity contribution in [1.29, 1.82) is 0 Å². The zero-order chi connectivity index (χ0) is 13.1. The van der Waals surface area contributed by atoms with Gasteiger partial charge in [-0.05, 0) is 12.5 Å². The Hall–Kier alpha value is -2.28. The molecule has 1 aromatic carbocycles. The third-order valence-corrected chi connectivity index (χ3v) is 2.49. The first-order chi connectivity index (χ1) is 8.63. The summed E-state index contributed by atoms with van der Waals surface area (Å²) < 4.78 is 5.38. The molecule has 0 bridgehead atoms. The molecule has 0 saturated carbocycles. The van der Waals surface area contributed by atoms with Crippen molar-refractivity contribution < 1.29 is 9.34 Å². The number of nitro groups is 1. The lowest BCUT2D eigenvalue weighted by Gasteiger charge is -2.01. The Bertz CT molecular complexity index is 579. The minimum absolute atomic E-state index is 0.0436. The van der Waals surface area contributed by atoms with Crippen LogP contribution in [0.2, 0.25) is 0 Å². The van der Waals surface area contributed by atoms with Crippen LogP contribution in [0.3, 0.4) is 0 Å². The Morgan fingerprint density at radius 2 is 2.22 bits per heavy atom. The molecule has 0 radical (unpaired) electrons. The second kappa shape index (κ2) is 4.92. The minimum atomic E-state index is -0.463. The van der Waals surface area contributed by atoms with Gasteiger partial charge < -0.3 is 10.2 Å². The third-order valence-electron chi connectivity index (χ3n) is 2.49. The van der Waals surface area contributed by atoms with Crippen molar-refractivity contribution in [2.45, 2.75) is 13.3 Å². The third kappa shape index (κ3) is 2.21. The second-order valence-electron chi connectivity index (χ2n) is 3.77. The molecule has 7 heteroatoms. The molecule has 18 heavy (non-hydrogen) atoms. The van der Waals surface area contributed by atoms with E-state index < -0.39 is 4.92 Å². The van der Waals surface area contributed by atoms with E-state index in [-0.39, 0.29) is 11.6 Å². The molecule has 0 fully saturated rings. The Morgan fingerprint density at radius 3 is 2.89 bits per heavy atom. The molecule has 2 rings (SSSR count). The van der Waals surface area contributed by atoms with Crippen LogP contribution in [0.4, 0.5) is 5.69 Å². The Kier molecular flexibility index (Phi) is 3.33. The van der Waals surface area contributed by atoms with Gasteiger partial charge in [0.2, 0.25) is 5.89 Å². The van der Waals surface area contributed by atoms with Crippen molar-refractivity contribution in [3.63, 3.8) is 0 Å². The van der Waals surface area contributed by atoms with Gasteiger partial charge in [-0.3, -0.25) is 10.1 Å². The van der Waals surface area contributed by atoms with E-state index in [2.05, 4.69) is 10.2 Å². The highest BCUT2D eigenvalue weighted by molar-refractivity contribution is 5.70. The second-order valence-corrected chi connectivity index (χ2v) is 3.77. The molecular formula is C11H12N4O3. The summed E-state index contributed by atoms with van der Waals surface area (Å²) >= 11 is 0. The summed E-state index contributed by atoms with van der Waals surface area (Å²) in [6, 6.07) is 4.79. The van der Waals surface area contributed by atoms with E-state index in [4.69, 9.17) is 10.2 Å². The molecule has 2 N–H and O–H groups in total. The monoisotopic (exact) mass is 248 g/mol. The Labute approximate surface area is 103 Å². The maximum Gasteiger partial charge on any atom is 0.282 e. The molecule has 1 heterocycles. The molecule has 0 atom stereocenters. The van der Waals surface area contributed by atoms with Gasteiger partial charge in [0.25, 0.3) is 11.6 Å². The topological polar surface area (TPSA) is 108 Å². The van der Waals surface area contributed by atoms with Gasteiger partial charge in [0.15, 0.2) is 0 Å². The number of benzene rings is 1. The molecule has 0 aliphatic carbocycles. The summed E-state index contributed by atoms with van der Waals surface area (Å²) in [6.07, 6.45) is 0.451. The quantitative estimate of drug-likeness (QED) is 0.648. The van der Waals surface area contributed by atoms with Gasteiger partial charge in [-0.1, -0.05) is 12.1 Å². The molecule has 0 aliphatic rings. The van der Waals surface area contributed by atoms with Gasteiger partial charge >= 0.3 is 0 Å². The number of hydrogen-bond donors (Lipinski definition) is 1. The average molecular weight is 248 g/mol. The summed E-state index contributed by atoms with van der Waals surface area (Å²) in [6.45, 7) is 2.15. The predicted molar refractivity (Wildman–Crippen MR) is 63.9 cm³/mol. The van der Waals surface area contributed by atoms with Crippen molar-refractivity contribution in [3.05, 3.63) is 39.8 Å². The molecule has 0 saturated heterocycles. The first kappa shape index (κ1) is 12.2. The number of nitrogens with zero attached hydrogens (tertiary/aromatic N) is 3. The van der Waals surface area contributed by atoms with Gasteiger partial charge in [-0.2, -0.15) is 0 Å². The van der Waals surface area contributed by atoms with Crippen molar-refractivity contribution in [3.8, 4) is 11.5 Å². The van der Waals surface area contributed by atoms with Crippen LogP contribution >= 0.6 is 0 Å². The smallest absolute Gasteiger partial charge is 0.282 e. The van der Waals surface area contributed by atoms with Crippen molar-refractivity contribution in [1.82, 2.24) is 10.2 Å². The van der Waals surface area contributed by atoms with E-state index in [0.717, 1.165) is 0 Å². The molecule has 1 aromatic heterocycles. The molecule has 94 valence electrons. The van der Waals surface area contributed by atoms with Crippen LogP contribution in [-0.4, -0.2) is 21.7 Å². The first-order valence-electron chi connectivity index (χ1n) is 5.40. The summed E-state index contributed by atoms with van der Waals surface area (Å²) in [5.74, 6) is 0.535. The average Bonchev–Trinajstić information content (AvgIpc) is 2.77. The fraction of sp³-hybridized carbons (Fsp3) is 0.273. The van der Waals surface area contributed by atoms with E-state index in [1.165, 1.54) is 6.07 Å². The van der Waals surface area contributed by atoms with E-state index in [0.29, 0.717) is 30.0 Å². The van der Waals surface area contributed by atoms with Crippen LogP contribution < -0.4 is 5.73 Å². The zero-order valence-electron chi connectivity index (χ0n) is 9.79. The largest absolute Gasteiger partial charge is 0.420 e. The molecule has 0 spiro atoms. The van der Waals surface area contributed by atoms with Crippen LogP contribution in [0.5, 0.6) is 0 Å². The highest BCUT2D eigenvalue weighted by Crippen LogP contribution is 2.31. The maximum atomic E-state index is 11.0. The lowest BCUT2D eigenvalue weighted by atomic mass is 10.1. The number of nitro benzene ring substituents is 1. The molecule has 0 aliphatic heterocycles. The van der Waals surface area contributed by atoms with E-state index in [1.807, 2.05) is 0 Å². The predicted octanol–water partition coefficient (Wildman–Crippen LogP) is 1.45. The van der Waals surface area contributed by atoms with E-state index in [1.54, 1.807) is 19.1 Å².